The summed E-state index contributed by atoms with van der Waals surface area (Å²) >= 11 is 1.37. The Bertz CT molecular complexity index is 470. The Hall–Kier alpha value is -1.89. The Labute approximate surface area is 115 Å². The van der Waals surface area contributed by atoms with Crippen molar-refractivity contribution in [2.45, 2.75) is 13.3 Å². The number of esters is 1. The monoisotopic (exact) mass is 284 g/mol. The molecular formula is C12H16N2O4S. The highest BCUT2D eigenvalue weighted by molar-refractivity contribution is 7.13. The fourth-order valence-electron chi connectivity index (χ4n) is 1.27. The van der Waals surface area contributed by atoms with Gasteiger partial charge in [0.2, 0.25) is 5.91 Å². The predicted octanol–water partition coefficient (Wildman–Crippen LogP) is 0.466. The summed E-state index contributed by atoms with van der Waals surface area (Å²) in [6, 6.07) is 3.56. The molecule has 2 N–H and O–H groups in total. The lowest BCUT2D eigenvalue weighted by molar-refractivity contribution is -0.140. The summed E-state index contributed by atoms with van der Waals surface area (Å²) in [4.78, 5) is 35.4. The molecule has 1 aromatic heterocycles. The number of hydrogen-bond donors (Lipinski definition) is 2. The Morgan fingerprint density at radius 3 is 2.58 bits per heavy atom. The zero-order valence-electron chi connectivity index (χ0n) is 10.8. The standard InChI is InChI=1S/C12H16N2O4S/c1-8-3-4-9(19-8)12(17)14-7-10(15)13-6-5-11(16)18-2/h3-4H,5-7H2,1-2H3,(H,13,15)(H,14,17). The molecule has 0 saturated heterocycles. The van der Waals surface area contributed by atoms with Gasteiger partial charge in [0.25, 0.3) is 5.91 Å². The van der Waals surface area contributed by atoms with Gasteiger partial charge in [-0.1, -0.05) is 0 Å². The minimum Gasteiger partial charge on any atom is -0.469 e. The van der Waals surface area contributed by atoms with Crippen LogP contribution in [0.3, 0.4) is 0 Å². The molecule has 0 radical (unpaired) electrons. The fourth-order valence-corrected chi connectivity index (χ4v) is 2.06. The van der Waals surface area contributed by atoms with Crippen LogP contribution in [0.25, 0.3) is 0 Å². The van der Waals surface area contributed by atoms with Gasteiger partial charge >= 0.3 is 5.97 Å². The molecule has 2 amide bonds. The Morgan fingerprint density at radius 2 is 2.00 bits per heavy atom. The molecule has 0 spiro atoms. The number of nitrogens with one attached hydrogen (secondary N) is 2. The van der Waals surface area contributed by atoms with Crippen LogP contribution in [0, 0.1) is 6.92 Å². The molecule has 0 fully saturated rings. The highest BCUT2D eigenvalue weighted by Crippen LogP contribution is 2.14. The molecule has 19 heavy (non-hydrogen) atoms. The maximum atomic E-state index is 11.6. The number of ether oxygens (including phenoxy) is 1. The molecule has 0 unspecified atom stereocenters. The largest absolute Gasteiger partial charge is 0.469 e. The van der Waals surface area contributed by atoms with E-state index in [4.69, 9.17) is 0 Å². The van der Waals surface area contributed by atoms with E-state index >= 15 is 0 Å². The maximum Gasteiger partial charge on any atom is 0.307 e. The second-order valence-electron chi connectivity index (χ2n) is 3.77. The SMILES string of the molecule is COC(=O)CCNC(=O)CNC(=O)c1ccc(C)s1. The van der Waals surface area contributed by atoms with Gasteiger partial charge in [-0.3, -0.25) is 14.4 Å². The third-order valence-electron chi connectivity index (χ3n) is 2.25. The molecule has 0 atom stereocenters. The average molecular weight is 284 g/mol. The summed E-state index contributed by atoms with van der Waals surface area (Å²) in [6.45, 7) is 1.98. The zero-order chi connectivity index (χ0) is 14.3. The number of methoxy groups -OCH3 is 1. The molecule has 1 heterocycles. The van der Waals surface area contributed by atoms with Crippen molar-refractivity contribution in [1.82, 2.24) is 10.6 Å². The normalized spacial score (nSPS) is 9.79. The summed E-state index contributed by atoms with van der Waals surface area (Å²) in [7, 11) is 1.29. The zero-order valence-corrected chi connectivity index (χ0v) is 11.6. The van der Waals surface area contributed by atoms with Crippen molar-refractivity contribution >= 4 is 29.1 Å². The van der Waals surface area contributed by atoms with Crippen LogP contribution in [0.2, 0.25) is 0 Å². The van der Waals surface area contributed by atoms with Crippen LogP contribution in [-0.2, 0) is 14.3 Å². The van der Waals surface area contributed by atoms with Crippen LogP contribution in [0.1, 0.15) is 21.0 Å². The van der Waals surface area contributed by atoms with Crippen LogP contribution in [0.15, 0.2) is 12.1 Å². The number of carbonyl (C=O) groups excluding carboxylic acids is 3. The van der Waals surface area contributed by atoms with E-state index in [0.29, 0.717) is 4.88 Å². The van der Waals surface area contributed by atoms with Gasteiger partial charge in [-0.2, -0.15) is 0 Å². The molecule has 0 aliphatic carbocycles. The van der Waals surface area contributed by atoms with Crippen LogP contribution in [0.4, 0.5) is 0 Å². The van der Waals surface area contributed by atoms with Gasteiger partial charge in [0, 0.05) is 11.4 Å². The molecule has 0 saturated carbocycles. The summed E-state index contributed by atoms with van der Waals surface area (Å²) in [5.74, 6) is -1.01. The number of thiophene rings is 1. The highest BCUT2D eigenvalue weighted by Gasteiger charge is 2.09. The summed E-state index contributed by atoms with van der Waals surface area (Å²) in [5.41, 5.74) is 0. The van der Waals surface area contributed by atoms with Gasteiger partial charge in [-0.25, -0.2) is 0 Å². The van der Waals surface area contributed by atoms with Gasteiger partial charge in [0.05, 0.1) is 25.0 Å². The molecule has 0 bridgehead atoms. The van der Waals surface area contributed by atoms with Crippen LogP contribution >= 0.6 is 11.3 Å². The van der Waals surface area contributed by atoms with Gasteiger partial charge in [-0.15, -0.1) is 11.3 Å². The van der Waals surface area contributed by atoms with E-state index in [2.05, 4.69) is 15.4 Å². The number of carbonyl (C=O) groups is 3. The van der Waals surface area contributed by atoms with E-state index in [-0.39, 0.29) is 31.3 Å². The second-order valence-corrected chi connectivity index (χ2v) is 5.06. The number of rotatable bonds is 6. The Kier molecular flexibility index (Phi) is 6.01. The van der Waals surface area contributed by atoms with Crippen LogP contribution in [-0.4, -0.2) is 38.0 Å². The third-order valence-corrected chi connectivity index (χ3v) is 3.25. The van der Waals surface area contributed by atoms with Crippen LogP contribution < -0.4 is 10.6 Å². The Morgan fingerprint density at radius 1 is 1.26 bits per heavy atom. The van der Waals surface area contributed by atoms with E-state index in [1.807, 2.05) is 13.0 Å². The number of aryl methyl sites for hydroxylation is 1. The van der Waals surface area contributed by atoms with Crippen molar-refractivity contribution in [1.29, 1.82) is 0 Å². The molecule has 7 heteroatoms. The maximum absolute atomic E-state index is 11.6. The molecule has 104 valence electrons. The Balaban J connectivity index is 2.23. The summed E-state index contributed by atoms with van der Waals surface area (Å²) < 4.78 is 4.43. The van der Waals surface area contributed by atoms with E-state index in [0.717, 1.165) is 4.88 Å². The highest BCUT2D eigenvalue weighted by atomic mass is 32.1. The lowest BCUT2D eigenvalue weighted by Crippen LogP contribution is -2.37. The first-order valence-corrected chi connectivity index (χ1v) is 6.52. The summed E-state index contributed by atoms with van der Waals surface area (Å²) in [5, 5.41) is 5.02. The molecule has 6 nitrogen and oxygen atoms in total. The molecule has 0 aliphatic heterocycles. The lowest BCUT2D eigenvalue weighted by Gasteiger charge is -2.05. The minimum atomic E-state index is -0.390. The van der Waals surface area contributed by atoms with E-state index < -0.39 is 5.97 Å². The van der Waals surface area contributed by atoms with E-state index in [1.54, 1.807) is 6.07 Å². The van der Waals surface area contributed by atoms with Crippen molar-refractivity contribution in [3.8, 4) is 0 Å². The molecular weight excluding hydrogens is 268 g/mol. The first kappa shape index (κ1) is 15.2. The van der Waals surface area contributed by atoms with Crippen molar-refractivity contribution in [3.05, 3.63) is 21.9 Å². The first-order chi connectivity index (χ1) is 9.02. The van der Waals surface area contributed by atoms with E-state index in [1.165, 1.54) is 18.4 Å². The third kappa shape index (κ3) is 5.52. The van der Waals surface area contributed by atoms with Gasteiger partial charge < -0.3 is 15.4 Å². The predicted molar refractivity (Wildman–Crippen MR) is 71.0 cm³/mol. The van der Waals surface area contributed by atoms with Crippen LogP contribution in [0.5, 0.6) is 0 Å². The minimum absolute atomic E-state index is 0.111. The van der Waals surface area contributed by atoms with Gasteiger partial charge in [0.1, 0.15) is 0 Å². The van der Waals surface area contributed by atoms with Gasteiger partial charge in [0.15, 0.2) is 0 Å². The molecule has 1 aromatic rings. The van der Waals surface area contributed by atoms with Crippen molar-refractivity contribution in [2.75, 3.05) is 20.2 Å². The fraction of sp³-hybridized carbons (Fsp3) is 0.417. The van der Waals surface area contributed by atoms with Crippen molar-refractivity contribution < 1.29 is 19.1 Å². The quantitative estimate of drug-likeness (QED) is 0.744. The topological polar surface area (TPSA) is 84.5 Å². The number of amides is 2. The van der Waals surface area contributed by atoms with Gasteiger partial charge in [-0.05, 0) is 19.1 Å². The number of hydrogen-bond acceptors (Lipinski definition) is 5. The van der Waals surface area contributed by atoms with Crippen molar-refractivity contribution in [3.63, 3.8) is 0 Å². The average Bonchev–Trinajstić information content (AvgIpc) is 2.82. The molecule has 1 rings (SSSR count). The van der Waals surface area contributed by atoms with Crippen molar-refractivity contribution in [2.24, 2.45) is 0 Å². The summed E-state index contributed by atoms with van der Waals surface area (Å²) in [6.07, 6.45) is 0.111. The first-order valence-electron chi connectivity index (χ1n) is 5.71. The lowest BCUT2D eigenvalue weighted by atomic mass is 10.4. The second kappa shape index (κ2) is 7.52. The molecule has 0 aromatic carbocycles. The van der Waals surface area contributed by atoms with E-state index in [9.17, 15) is 14.4 Å². The smallest absolute Gasteiger partial charge is 0.307 e. The molecule has 0 aliphatic rings.